The molecule has 2 aliphatic rings. The van der Waals surface area contributed by atoms with E-state index >= 15 is 0 Å². The van der Waals surface area contributed by atoms with Crippen molar-refractivity contribution in [2.45, 2.75) is 83.7 Å². The largest absolute Gasteiger partial charge is 0.525 e. The molecule has 1 heterocycles. The Labute approximate surface area is 161 Å². The summed E-state index contributed by atoms with van der Waals surface area (Å²) in [6.07, 6.45) is 3.18. The highest BCUT2D eigenvalue weighted by Crippen LogP contribution is 2.40. The number of aliphatic hydroxyl groups is 1. The minimum absolute atomic E-state index is 0.164. The van der Waals surface area contributed by atoms with Crippen LogP contribution >= 0.6 is 0 Å². The summed E-state index contributed by atoms with van der Waals surface area (Å²) in [6, 6.07) is 7.28. The molecule has 2 atom stereocenters. The number of aliphatic hydroxyl groups excluding tert-OH is 1. The second-order valence-electron chi connectivity index (χ2n) is 8.59. The van der Waals surface area contributed by atoms with Crippen LogP contribution < -0.4 is 4.74 Å². The van der Waals surface area contributed by atoms with Crippen LogP contribution in [0.4, 0.5) is 4.39 Å². The molecular formula is C21H30BFO4. The SMILES string of the molecule is CC(=C(F)B1OC(C)(C)C(C)(C)O1)c1ccc(OC2CCCCC2O)cc1. The number of ether oxygens (including phenoxy) is 1. The van der Waals surface area contributed by atoms with Crippen molar-refractivity contribution < 1.29 is 23.5 Å². The number of hydrogen-bond donors (Lipinski definition) is 1. The van der Waals surface area contributed by atoms with Crippen molar-refractivity contribution in [3.8, 4) is 5.75 Å². The highest BCUT2D eigenvalue weighted by molar-refractivity contribution is 6.55. The Balaban J connectivity index is 1.71. The van der Waals surface area contributed by atoms with Crippen LogP contribution in [0.25, 0.3) is 5.57 Å². The van der Waals surface area contributed by atoms with Crippen LogP contribution in [-0.2, 0) is 9.31 Å². The average Bonchev–Trinajstić information content (AvgIpc) is 2.84. The summed E-state index contributed by atoms with van der Waals surface area (Å²) in [5.74, 6) is 0.688. The molecule has 1 aromatic carbocycles. The van der Waals surface area contributed by atoms with Gasteiger partial charge in [-0.1, -0.05) is 18.6 Å². The summed E-state index contributed by atoms with van der Waals surface area (Å²) < 4.78 is 32.5. The quantitative estimate of drug-likeness (QED) is 0.774. The van der Waals surface area contributed by atoms with Crippen LogP contribution in [0.1, 0.15) is 65.9 Å². The van der Waals surface area contributed by atoms with Crippen molar-refractivity contribution in [3.63, 3.8) is 0 Å². The van der Waals surface area contributed by atoms with Gasteiger partial charge < -0.3 is 19.2 Å². The molecule has 148 valence electrons. The first-order valence-corrected chi connectivity index (χ1v) is 9.78. The van der Waals surface area contributed by atoms with Crippen LogP contribution in [0.15, 0.2) is 30.0 Å². The predicted molar refractivity (Wildman–Crippen MR) is 105 cm³/mol. The zero-order chi connectivity index (χ0) is 19.8. The summed E-state index contributed by atoms with van der Waals surface area (Å²) in [7, 11) is -0.997. The fourth-order valence-corrected chi connectivity index (χ4v) is 3.43. The van der Waals surface area contributed by atoms with Crippen LogP contribution in [0.3, 0.4) is 0 Å². The van der Waals surface area contributed by atoms with Gasteiger partial charge in [-0.25, -0.2) is 4.39 Å². The van der Waals surface area contributed by atoms with Crippen LogP contribution in [0, 0.1) is 0 Å². The molecule has 0 amide bonds. The Bertz CT molecular complexity index is 683. The Hall–Kier alpha value is -1.37. The minimum Gasteiger partial charge on any atom is -0.488 e. The van der Waals surface area contributed by atoms with Crippen molar-refractivity contribution in [1.29, 1.82) is 0 Å². The summed E-state index contributed by atoms with van der Waals surface area (Å²) >= 11 is 0. The Morgan fingerprint density at radius 2 is 1.63 bits per heavy atom. The molecular weight excluding hydrogens is 346 g/mol. The predicted octanol–water partition coefficient (Wildman–Crippen LogP) is 4.70. The maximum absolute atomic E-state index is 15.0. The molecule has 0 bridgehead atoms. The van der Waals surface area contributed by atoms with Gasteiger partial charge in [-0.3, -0.25) is 0 Å². The molecule has 0 spiro atoms. The van der Waals surface area contributed by atoms with Gasteiger partial charge in [-0.2, -0.15) is 0 Å². The zero-order valence-electron chi connectivity index (χ0n) is 16.9. The summed E-state index contributed by atoms with van der Waals surface area (Å²) in [6.45, 7) is 9.34. The lowest BCUT2D eigenvalue weighted by atomic mass is 9.83. The average molecular weight is 376 g/mol. The van der Waals surface area contributed by atoms with Crippen LogP contribution in [-0.4, -0.2) is 35.6 Å². The summed E-state index contributed by atoms with van der Waals surface area (Å²) in [4.78, 5) is 0. The first-order valence-electron chi connectivity index (χ1n) is 9.78. The van der Waals surface area contributed by atoms with E-state index in [-0.39, 0.29) is 6.10 Å². The lowest BCUT2D eigenvalue weighted by molar-refractivity contribution is 0.00578. The van der Waals surface area contributed by atoms with Gasteiger partial charge in [-0.05, 0) is 77.2 Å². The van der Waals surface area contributed by atoms with Crippen LogP contribution in [0.2, 0.25) is 0 Å². The fourth-order valence-electron chi connectivity index (χ4n) is 3.43. The maximum Gasteiger partial charge on any atom is 0.525 e. The Morgan fingerprint density at radius 1 is 1.07 bits per heavy atom. The number of hydrogen-bond acceptors (Lipinski definition) is 4. The lowest BCUT2D eigenvalue weighted by Gasteiger charge is -2.32. The monoisotopic (exact) mass is 376 g/mol. The third kappa shape index (κ3) is 4.23. The van der Waals surface area contributed by atoms with Crippen molar-refractivity contribution in [2.75, 3.05) is 0 Å². The number of benzene rings is 1. The third-order valence-electron chi connectivity index (χ3n) is 6.06. The first-order chi connectivity index (χ1) is 12.6. The minimum atomic E-state index is -0.997. The van der Waals surface area contributed by atoms with E-state index in [1.807, 2.05) is 52.0 Å². The van der Waals surface area contributed by atoms with Gasteiger partial charge in [0.15, 0.2) is 0 Å². The smallest absolute Gasteiger partial charge is 0.488 e. The second kappa shape index (κ2) is 7.57. The molecule has 0 radical (unpaired) electrons. The molecule has 0 aromatic heterocycles. The molecule has 1 aliphatic heterocycles. The highest BCUT2D eigenvalue weighted by atomic mass is 19.1. The zero-order valence-corrected chi connectivity index (χ0v) is 16.9. The van der Waals surface area contributed by atoms with Crippen molar-refractivity contribution in [3.05, 3.63) is 35.6 Å². The summed E-state index contributed by atoms with van der Waals surface area (Å²) in [5.41, 5.74) is -0.330. The van der Waals surface area contributed by atoms with Crippen molar-refractivity contribution in [1.82, 2.24) is 0 Å². The van der Waals surface area contributed by atoms with E-state index in [0.717, 1.165) is 31.2 Å². The van der Waals surface area contributed by atoms with E-state index in [9.17, 15) is 9.50 Å². The van der Waals surface area contributed by atoms with E-state index in [1.54, 1.807) is 6.92 Å². The van der Waals surface area contributed by atoms with E-state index in [2.05, 4.69) is 0 Å². The Kier molecular flexibility index (Phi) is 5.71. The topological polar surface area (TPSA) is 47.9 Å². The highest BCUT2D eigenvalue weighted by Gasteiger charge is 2.53. The molecule has 1 aliphatic carbocycles. The van der Waals surface area contributed by atoms with Crippen LogP contribution in [0.5, 0.6) is 5.75 Å². The van der Waals surface area contributed by atoms with Gasteiger partial charge in [0.05, 0.1) is 17.3 Å². The number of allylic oxidation sites excluding steroid dienone is 1. The molecule has 1 saturated carbocycles. The van der Waals surface area contributed by atoms with E-state index in [4.69, 9.17) is 14.0 Å². The van der Waals surface area contributed by atoms with E-state index < -0.39 is 30.2 Å². The molecule has 1 saturated heterocycles. The van der Waals surface area contributed by atoms with Gasteiger partial charge in [0.25, 0.3) is 0 Å². The van der Waals surface area contributed by atoms with Crippen molar-refractivity contribution >= 4 is 12.7 Å². The summed E-state index contributed by atoms with van der Waals surface area (Å²) in [5, 5.41) is 10.0. The molecule has 2 fully saturated rings. The number of rotatable bonds is 4. The second-order valence-corrected chi connectivity index (χ2v) is 8.59. The molecule has 3 rings (SSSR count). The van der Waals surface area contributed by atoms with Gasteiger partial charge in [0.2, 0.25) is 0 Å². The standard InChI is InChI=1S/C21H30BFO4/c1-14(19(23)22-26-20(2,3)21(4,5)27-22)15-10-12-16(13-11-15)25-18-9-7-6-8-17(18)24/h10-13,17-18,24H,6-9H2,1-5H3. The first kappa shape index (κ1) is 20.4. The fraction of sp³-hybridized carbons (Fsp3) is 0.619. The molecule has 6 heteroatoms. The molecule has 27 heavy (non-hydrogen) atoms. The molecule has 1 aromatic rings. The van der Waals surface area contributed by atoms with Crippen molar-refractivity contribution in [2.24, 2.45) is 0 Å². The van der Waals surface area contributed by atoms with E-state index in [0.29, 0.717) is 11.3 Å². The number of halogens is 1. The molecule has 4 nitrogen and oxygen atoms in total. The molecule has 2 unspecified atom stereocenters. The van der Waals surface area contributed by atoms with Gasteiger partial charge in [-0.15, -0.1) is 0 Å². The third-order valence-corrected chi connectivity index (χ3v) is 6.06. The van der Waals surface area contributed by atoms with E-state index in [1.165, 1.54) is 0 Å². The maximum atomic E-state index is 15.0. The van der Waals surface area contributed by atoms with Gasteiger partial charge in [0.1, 0.15) is 17.6 Å². The lowest BCUT2D eigenvalue weighted by Crippen LogP contribution is -2.41. The van der Waals surface area contributed by atoms with Gasteiger partial charge >= 0.3 is 7.12 Å². The molecule has 1 N–H and O–H groups in total. The Morgan fingerprint density at radius 3 is 2.19 bits per heavy atom. The normalized spacial score (nSPS) is 28.0. The van der Waals surface area contributed by atoms with Gasteiger partial charge in [0, 0.05) is 0 Å².